The third-order valence-electron chi connectivity index (χ3n) is 3.71. The van der Waals surface area contributed by atoms with Crippen molar-refractivity contribution >= 4 is 17.7 Å². The Bertz CT molecular complexity index is 448. The third kappa shape index (κ3) is 5.17. The molecule has 0 saturated heterocycles. The molecule has 1 aromatic rings. The summed E-state index contributed by atoms with van der Waals surface area (Å²) in [6, 6.07) is 8.38. The predicted molar refractivity (Wildman–Crippen MR) is 87.8 cm³/mol. The number of rotatable bonds is 7. The maximum atomic E-state index is 12.0. The molecule has 0 radical (unpaired) electrons. The predicted octanol–water partition coefficient (Wildman–Crippen LogP) is 2.72. The van der Waals surface area contributed by atoms with Crippen LogP contribution < -0.4 is 11.1 Å². The number of thioether (sulfide) groups is 1. The lowest BCUT2D eigenvalue weighted by Gasteiger charge is -2.33. The van der Waals surface area contributed by atoms with Gasteiger partial charge in [0.1, 0.15) is 0 Å². The van der Waals surface area contributed by atoms with Gasteiger partial charge in [0.05, 0.1) is 11.3 Å². The molecule has 20 heavy (non-hydrogen) atoms. The second-order valence-electron chi connectivity index (χ2n) is 5.81. The van der Waals surface area contributed by atoms with Gasteiger partial charge in [-0.3, -0.25) is 4.79 Å². The lowest BCUT2D eigenvalue weighted by molar-refractivity contribution is -0.120. The number of carbonyl (C=O) groups is 1. The average Bonchev–Trinajstić information content (AvgIpc) is 2.38. The number of aryl methyl sites for hydroxylation is 1. The highest BCUT2D eigenvalue weighted by atomic mass is 32.2. The van der Waals surface area contributed by atoms with Crippen LogP contribution in [0.5, 0.6) is 0 Å². The first kappa shape index (κ1) is 17.1. The lowest BCUT2D eigenvalue weighted by Crippen LogP contribution is -2.55. The highest BCUT2D eigenvalue weighted by Crippen LogP contribution is 2.17. The molecule has 0 bridgehead atoms. The van der Waals surface area contributed by atoms with Crippen molar-refractivity contribution < 1.29 is 4.79 Å². The van der Waals surface area contributed by atoms with Crippen LogP contribution in [0.15, 0.2) is 24.3 Å². The largest absolute Gasteiger partial charge is 0.349 e. The van der Waals surface area contributed by atoms with Crippen LogP contribution in [0.2, 0.25) is 0 Å². The number of hydrogen-bond donors (Lipinski definition) is 2. The Hall–Kier alpha value is -1.00. The van der Waals surface area contributed by atoms with Gasteiger partial charge in [-0.05, 0) is 25.3 Å². The molecular weight excluding hydrogens is 268 g/mol. The monoisotopic (exact) mass is 294 g/mol. The zero-order chi connectivity index (χ0) is 15.2. The molecule has 0 heterocycles. The summed E-state index contributed by atoms with van der Waals surface area (Å²) >= 11 is 1.63. The Kier molecular flexibility index (Phi) is 6.56. The molecule has 0 saturated carbocycles. The number of benzene rings is 1. The minimum absolute atomic E-state index is 0.0595. The maximum Gasteiger partial charge on any atom is 0.230 e. The van der Waals surface area contributed by atoms with Crippen molar-refractivity contribution in [2.45, 2.75) is 39.0 Å². The van der Waals surface area contributed by atoms with Gasteiger partial charge in [0, 0.05) is 12.3 Å². The minimum Gasteiger partial charge on any atom is -0.349 e. The SMILES string of the molecule is Cc1cccc(CSCC(=O)NC(C)(CN)C(C)C)c1. The van der Waals surface area contributed by atoms with E-state index in [0.29, 0.717) is 18.2 Å². The topological polar surface area (TPSA) is 55.1 Å². The molecule has 3 nitrogen and oxygen atoms in total. The van der Waals surface area contributed by atoms with E-state index >= 15 is 0 Å². The zero-order valence-electron chi connectivity index (χ0n) is 12.9. The fourth-order valence-electron chi connectivity index (χ4n) is 1.85. The Morgan fingerprint density at radius 2 is 2.15 bits per heavy atom. The van der Waals surface area contributed by atoms with E-state index in [2.05, 4.69) is 50.4 Å². The van der Waals surface area contributed by atoms with Gasteiger partial charge in [0.2, 0.25) is 5.91 Å². The van der Waals surface area contributed by atoms with Crippen molar-refractivity contribution in [3.63, 3.8) is 0 Å². The van der Waals surface area contributed by atoms with Crippen LogP contribution in [-0.4, -0.2) is 23.7 Å². The van der Waals surface area contributed by atoms with Gasteiger partial charge in [-0.1, -0.05) is 43.7 Å². The second kappa shape index (κ2) is 7.70. The molecule has 0 fully saturated rings. The molecule has 112 valence electrons. The molecule has 1 unspecified atom stereocenters. The van der Waals surface area contributed by atoms with Gasteiger partial charge in [-0.25, -0.2) is 0 Å². The van der Waals surface area contributed by atoms with Gasteiger partial charge in [0.25, 0.3) is 0 Å². The normalized spacial score (nSPS) is 14.1. The molecular formula is C16H26N2OS. The fraction of sp³-hybridized carbons (Fsp3) is 0.562. The Balaban J connectivity index is 2.40. The summed E-state index contributed by atoms with van der Waals surface area (Å²) in [6.45, 7) is 8.69. The van der Waals surface area contributed by atoms with E-state index in [4.69, 9.17) is 5.73 Å². The lowest BCUT2D eigenvalue weighted by atomic mass is 9.88. The number of hydrogen-bond acceptors (Lipinski definition) is 3. The number of nitrogens with two attached hydrogens (primary N) is 1. The zero-order valence-corrected chi connectivity index (χ0v) is 13.7. The van der Waals surface area contributed by atoms with Gasteiger partial charge >= 0.3 is 0 Å². The van der Waals surface area contributed by atoms with Crippen LogP contribution in [0.25, 0.3) is 0 Å². The first-order chi connectivity index (χ1) is 9.37. The average molecular weight is 294 g/mol. The minimum atomic E-state index is -0.318. The molecule has 1 aromatic carbocycles. The molecule has 0 aliphatic carbocycles. The van der Waals surface area contributed by atoms with E-state index in [1.54, 1.807) is 11.8 Å². The van der Waals surface area contributed by atoms with Crippen molar-refractivity contribution in [1.82, 2.24) is 5.32 Å². The summed E-state index contributed by atoms with van der Waals surface area (Å²) in [7, 11) is 0. The standard InChI is InChI=1S/C16H26N2OS/c1-12(2)16(4,11-17)18-15(19)10-20-9-14-7-5-6-13(3)8-14/h5-8,12H,9-11,17H2,1-4H3,(H,18,19). The van der Waals surface area contributed by atoms with Crippen LogP contribution in [0.3, 0.4) is 0 Å². The Morgan fingerprint density at radius 1 is 1.45 bits per heavy atom. The highest BCUT2D eigenvalue weighted by molar-refractivity contribution is 7.99. The van der Waals surface area contributed by atoms with E-state index in [9.17, 15) is 4.79 Å². The van der Waals surface area contributed by atoms with Crippen LogP contribution >= 0.6 is 11.8 Å². The molecule has 1 amide bonds. The summed E-state index contributed by atoms with van der Waals surface area (Å²) in [4.78, 5) is 12.0. The van der Waals surface area contributed by atoms with Crippen molar-refractivity contribution in [3.05, 3.63) is 35.4 Å². The van der Waals surface area contributed by atoms with Crippen LogP contribution in [-0.2, 0) is 10.5 Å². The molecule has 0 aromatic heterocycles. The summed E-state index contributed by atoms with van der Waals surface area (Å²) < 4.78 is 0. The quantitative estimate of drug-likeness (QED) is 0.813. The van der Waals surface area contributed by atoms with E-state index in [0.717, 1.165) is 5.75 Å². The molecule has 4 heteroatoms. The summed E-state index contributed by atoms with van der Waals surface area (Å²) in [6.07, 6.45) is 0. The summed E-state index contributed by atoms with van der Waals surface area (Å²) in [5, 5.41) is 3.06. The van der Waals surface area contributed by atoms with Gasteiger partial charge in [-0.15, -0.1) is 11.8 Å². The molecule has 1 rings (SSSR count). The van der Waals surface area contributed by atoms with Gasteiger partial charge in [0.15, 0.2) is 0 Å². The molecule has 3 N–H and O–H groups in total. The third-order valence-corrected chi connectivity index (χ3v) is 4.71. The summed E-state index contributed by atoms with van der Waals surface area (Å²) in [5.74, 6) is 1.70. The van der Waals surface area contributed by atoms with E-state index < -0.39 is 0 Å². The van der Waals surface area contributed by atoms with Gasteiger partial charge in [-0.2, -0.15) is 0 Å². The van der Waals surface area contributed by atoms with Crippen LogP contribution in [0, 0.1) is 12.8 Å². The fourth-order valence-corrected chi connectivity index (χ4v) is 2.62. The van der Waals surface area contributed by atoms with Crippen LogP contribution in [0.4, 0.5) is 0 Å². The molecule has 0 aliphatic rings. The maximum absolute atomic E-state index is 12.0. The smallest absolute Gasteiger partial charge is 0.230 e. The van der Waals surface area contributed by atoms with E-state index in [-0.39, 0.29) is 11.4 Å². The van der Waals surface area contributed by atoms with E-state index in [1.165, 1.54) is 11.1 Å². The van der Waals surface area contributed by atoms with Crippen LogP contribution in [0.1, 0.15) is 31.9 Å². The number of amides is 1. The first-order valence-corrected chi connectivity index (χ1v) is 8.17. The van der Waals surface area contributed by atoms with E-state index in [1.807, 2.05) is 6.92 Å². The molecule has 0 spiro atoms. The van der Waals surface area contributed by atoms with Crippen molar-refractivity contribution in [3.8, 4) is 0 Å². The van der Waals surface area contributed by atoms with Crippen molar-refractivity contribution in [2.75, 3.05) is 12.3 Å². The Labute approximate surface area is 126 Å². The van der Waals surface area contributed by atoms with Crippen molar-refractivity contribution in [2.24, 2.45) is 11.7 Å². The Morgan fingerprint density at radius 3 is 2.70 bits per heavy atom. The number of nitrogens with one attached hydrogen (secondary N) is 1. The second-order valence-corrected chi connectivity index (χ2v) is 6.79. The first-order valence-electron chi connectivity index (χ1n) is 7.02. The van der Waals surface area contributed by atoms with Crippen molar-refractivity contribution in [1.29, 1.82) is 0 Å². The molecule has 1 atom stereocenters. The number of carbonyl (C=O) groups excluding carboxylic acids is 1. The highest BCUT2D eigenvalue weighted by Gasteiger charge is 2.28. The summed E-state index contributed by atoms with van der Waals surface area (Å²) in [5.41, 5.74) is 7.96. The van der Waals surface area contributed by atoms with Gasteiger partial charge < -0.3 is 11.1 Å². The molecule has 0 aliphatic heterocycles.